The molecule has 0 saturated heterocycles. The number of urea groups is 1. The Kier molecular flexibility index (Phi) is 4.54. The molecular formula is C14H18N2O3S. The topological polar surface area (TPSA) is 78.4 Å². The van der Waals surface area contributed by atoms with E-state index in [1.165, 1.54) is 0 Å². The number of aliphatic carboxylic acids is 1. The Bertz CT molecular complexity index is 488. The van der Waals surface area contributed by atoms with E-state index in [4.69, 9.17) is 0 Å². The van der Waals surface area contributed by atoms with Crippen LogP contribution in [0.2, 0.25) is 0 Å². The lowest BCUT2D eigenvalue weighted by molar-refractivity contribution is -0.139. The number of rotatable bonds is 6. The minimum atomic E-state index is -1.07. The summed E-state index contributed by atoms with van der Waals surface area (Å²) >= 11 is 1.74. The van der Waals surface area contributed by atoms with E-state index in [-0.39, 0.29) is 4.75 Å². The van der Waals surface area contributed by atoms with Crippen LogP contribution in [0, 0.1) is 0 Å². The van der Waals surface area contributed by atoms with Gasteiger partial charge in [-0.1, -0.05) is 30.3 Å². The summed E-state index contributed by atoms with van der Waals surface area (Å²) in [5.41, 5.74) is 0.557. The van der Waals surface area contributed by atoms with Gasteiger partial charge in [-0.2, -0.15) is 11.8 Å². The average Bonchev–Trinajstić information content (AvgIpc) is 3.24. The molecule has 3 N–H and O–H groups in total. The first-order chi connectivity index (χ1) is 9.56. The van der Waals surface area contributed by atoms with E-state index in [0.717, 1.165) is 12.8 Å². The number of hydrogen-bond donors (Lipinski definition) is 3. The van der Waals surface area contributed by atoms with Crippen molar-refractivity contribution in [3.8, 4) is 0 Å². The Labute approximate surface area is 122 Å². The molecular weight excluding hydrogens is 276 g/mol. The van der Waals surface area contributed by atoms with E-state index >= 15 is 0 Å². The molecule has 1 aromatic rings. The molecule has 0 heterocycles. The van der Waals surface area contributed by atoms with E-state index in [0.29, 0.717) is 12.1 Å². The summed E-state index contributed by atoms with van der Waals surface area (Å²) in [6.07, 6.45) is 4.21. The number of benzene rings is 1. The van der Waals surface area contributed by atoms with E-state index in [2.05, 4.69) is 10.6 Å². The third-order valence-corrected chi connectivity index (χ3v) is 4.89. The zero-order chi connectivity index (χ0) is 14.6. The van der Waals surface area contributed by atoms with Crippen LogP contribution < -0.4 is 10.6 Å². The van der Waals surface area contributed by atoms with Crippen LogP contribution in [0.15, 0.2) is 30.3 Å². The maximum absolute atomic E-state index is 11.8. The van der Waals surface area contributed by atoms with Crippen molar-refractivity contribution in [1.82, 2.24) is 10.6 Å². The number of carbonyl (C=O) groups excluding carboxylic acids is 1. The zero-order valence-corrected chi connectivity index (χ0v) is 12.1. The van der Waals surface area contributed by atoms with Gasteiger partial charge in [-0.25, -0.2) is 9.59 Å². The van der Waals surface area contributed by atoms with Crippen molar-refractivity contribution < 1.29 is 14.7 Å². The smallest absolute Gasteiger partial charge is 0.330 e. The first-order valence-corrected chi connectivity index (χ1v) is 7.66. The van der Waals surface area contributed by atoms with Crippen LogP contribution in [-0.2, 0) is 4.79 Å². The van der Waals surface area contributed by atoms with Crippen LogP contribution in [0.25, 0.3) is 0 Å². The first-order valence-electron chi connectivity index (χ1n) is 6.44. The lowest BCUT2D eigenvalue weighted by atomic mass is 10.1. The third kappa shape index (κ3) is 3.66. The Balaban J connectivity index is 1.92. The molecule has 1 aliphatic rings. The minimum absolute atomic E-state index is 0.156. The molecule has 0 spiro atoms. The molecule has 0 aliphatic heterocycles. The van der Waals surface area contributed by atoms with Crippen LogP contribution in [0.5, 0.6) is 0 Å². The van der Waals surface area contributed by atoms with E-state index < -0.39 is 18.0 Å². The van der Waals surface area contributed by atoms with Gasteiger partial charge >= 0.3 is 12.0 Å². The average molecular weight is 294 g/mol. The number of hydrogen-bond acceptors (Lipinski definition) is 3. The standard InChI is InChI=1S/C14H18N2O3S/c1-20-14(7-8-14)9-15-13(19)16-11(12(17)18)10-5-3-2-4-6-10/h2-6,11H,7-9H2,1H3,(H,17,18)(H2,15,16,19). The normalized spacial score (nSPS) is 17.1. The largest absolute Gasteiger partial charge is 0.479 e. The second-order valence-electron chi connectivity index (χ2n) is 4.90. The van der Waals surface area contributed by atoms with E-state index in [1.54, 1.807) is 42.1 Å². The van der Waals surface area contributed by atoms with Gasteiger partial charge in [0.2, 0.25) is 0 Å². The Morgan fingerprint density at radius 2 is 2.00 bits per heavy atom. The third-order valence-electron chi connectivity index (χ3n) is 3.47. The molecule has 0 radical (unpaired) electrons. The van der Waals surface area contributed by atoms with Gasteiger partial charge in [0.1, 0.15) is 0 Å². The summed E-state index contributed by atoms with van der Waals surface area (Å²) in [4.78, 5) is 23.1. The van der Waals surface area contributed by atoms with Gasteiger partial charge in [-0.15, -0.1) is 0 Å². The van der Waals surface area contributed by atoms with Gasteiger partial charge in [-0.05, 0) is 24.7 Å². The molecule has 108 valence electrons. The maximum atomic E-state index is 11.8. The van der Waals surface area contributed by atoms with E-state index in [1.807, 2.05) is 6.26 Å². The molecule has 2 rings (SSSR count). The van der Waals surface area contributed by atoms with Crippen LogP contribution in [0.4, 0.5) is 4.79 Å². The Morgan fingerprint density at radius 1 is 1.35 bits per heavy atom. The summed E-state index contributed by atoms with van der Waals surface area (Å²) in [6.45, 7) is 0.571. The van der Waals surface area contributed by atoms with Gasteiger partial charge in [0.15, 0.2) is 6.04 Å². The van der Waals surface area contributed by atoms with Gasteiger partial charge in [0.05, 0.1) is 0 Å². The zero-order valence-electron chi connectivity index (χ0n) is 11.3. The fourth-order valence-corrected chi connectivity index (χ4v) is 2.68. The molecule has 1 saturated carbocycles. The molecule has 1 aliphatic carbocycles. The number of nitrogens with one attached hydrogen (secondary N) is 2. The fourth-order valence-electron chi connectivity index (χ4n) is 1.95. The van der Waals surface area contributed by atoms with Gasteiger partial charge in [0, 0.05) is 11.3 Å². The fraction of sp³-hybridized carbons (Fsp3) is 0.429. The van der Waals surface area contributed by atoms with Gasteiger partial charge in [-0.3, -0.25) is 0 Å². The molecule has 20 heavy (non-hydrogen) atoms. The SMILES string of the molecule is CSC1(CNC(=O)NC(C(=O)O)c2ccccc2)CC1. The lowest BCUT2D eigenvalue weighted by Gasteiger charge is -2.17. The number of carboxylic acid groups (broad SMARTS) is 1. The Morgan fingerprint density at radius 3 is 2.50 bits per heavy atom. The highest BCUT2D eigenvalue weighted by atomic mass is 32.2. The highest BCUT2D eigenvalue weighted by Crippen LogP contribution is 2.46. The molecule has 6 heteroatoms. The number of thioether (sulfide) groups is 1. The molecule has 1 atom stereocenters. The maximum Gasteiger partial charge on any atom is 0.330 e. The van der Waals surface area contributed by atoms with Crippen molar-refractivity contribution >= 4 is 23.8 Å². The second kappa shape index (κ2) is 6.17. The monoisotopic (exact) mass is 294 g/mol. The van der Waals surface area contributed by atoms with Crippen molar-refractivity contribution in [2.45, 2.75) is 23.6 Å². The van der Waals surface area contributed by atoms with Gasteiger partial charge < -0.3 is 15.7 Å². The highest BCUT2D eigenvalue weighted by Gasteiger charge is 2.42. The number of carboxylic acids is 1. The van der Waals surface area contributed by atoms with Crippen molar-refractivity contribution in [3.05, 3.63) is 35.9 Å². The summed E-state index contributed by atoms with van der Waals surface area (Å²) in [5.74, 6) is -1.07. The second-order valence-corrected chi connectivity index (χ2v) is 6.17. The summed E-state index contributed by atoms with van der Waals surface area (Å²) < 4.78 is 0.156. The first kappa shape index (κ1) is 14.7. The molecule has 1 unspecified atom stereocenters. The van der Waals surface area contributed by atoms with Crippen molar-refractivity contribution in [2.75, 3.05) is 12.8 Å². The van der Waals surface area contributed by atoms with Crippen LogP contribution in [0.3, 0.4) is 0 Å². The van der Waals surface area contributed by atoms with Crippen molar-refractivity contribution in [3.63, 3.8) is 0 Å². The molecule has 1 aromatic carbocycles. The van der Waals surface area contributed by atoms with Crippen LogP contribution in [-0.4, -0.2) is 34.7 Å². The molecule has 0 bridgehead atoms. The molecule has 5 nitrogen and oxygen atoms in total. The summed E-state index contributed by atoms with van der Waals surface area (Å²) in [6, 6.07) is 7.20. The van der Waals surface area contributed by atoms with E-state index in [9.17, 15) is 14.7 Å². The van der Waals surface area contributed by atoms with Crippen molar-refractivity contribution in [2.24, 2.45) is 0 Å². The summed E-state index contributed by atoms with van der Waals surface area (Å²) in [7, 11) is 0. The summed E-state index contributed by atoms with van der Waals surface area (Å²) in [5, 5.41) is 14.5. The van der Waals surface area contributed by atoms with Crippen molar-refractivity contribution in [1.29, 1.82) is 0 Å². The van der Waals surface area contributed by atoms with Gasteiger partial charge in [0.25, 0.3) is 0 Å². The molecule has 2 amide bonds. The number of amides is 2. The van der Waals surface area contributed by atoms with Crippen LogP contribution >= 0.6 is 11.8 Å². The lowest BCUT2D eigenvalue weighted by Crippen LogP contribution is -2.43. The minimum Gasteiger partial charge on any atom is -0.479 e. The Hall–Kier alpha value is -1.69. The van der Waals surface area contributed by atoms with Crippen LogP contribution in [0.1, 0.15) is 24.4 Å². The number of carbonyl (C=O) groups is 2. The predicted octanol–water partition coefficient (Wildman–Crippen LogP) is 2.01. The quantitative estimate of drug-likeness (QED) is 0.750. The molecule has 0 aromatic heterocycles. The highest BCUT2D eigenvalue weighted by molar-refractivity contribution is 8.00. The molecule has 1 fully saturated rings. The predicted molar refractivity (Wildman–Crippen MR) is 78.8 cm³/mol.